The van der Waals surface area contributed by atoms with Gasteiger partial charge in [-0.05, 0) is 72.9 Å². The van der Waals surface area contributed by atoms with Crippen LogP contribution in [0.5, 0.6) is 0 Å². The number of amides is 2. The van der Waals surface area contributed by atoms with E-state index in [1.165, 1.54) is 17.0 Å². The molecule has 2 fully saturated rings. The van der Waals surface area contributed by atoms with Crippen molar-refractivity contribution in [3.63, 3.8) is 0 Å². The molecule has 0 unspecified atom stereocenters. The van der Waals surface area contributed by atoms with Gasteiger partial charge in [-0.15, -0.1) is 0 Å². The maximum Gasteiger partial charge on any atom is 0.408 e. The quantitative estimate of drug-likeness (QED) is 0.0558. The number of alkyl carbamates (subject to hydrolysis) is 1. The van der Waals surface area contributed by atoms with Crippen molar-refractivity contribution in [2.24, 2.45) is 17.6 Å². The minimum atomic E-state index is -4.52. The number of hydrogen-bond acceptors (Lipinski definition) is 12. The maximum atomic E-state index is 13.8. The fourth-order valence-electron chi connectivity index (χ4n) is 8.32. The van der Waals surface area contributed by atoms with Crippen LogP contribution in [0.15, 0.2) is 93.8 Å². The molecule has 69 heavy (non-hydrogen) atoms. The number of carboxylic acid groups (broad SMARTS) is 1. The Bertz CT molecular complexity index is 2650. The van der Waals surface area contributed by atoms with Gasteiger partial charge in [0.1, 0.15) is 30.4 Å². The first-order valence-electron chi connectivity index (χ1n) is 22.1. The van der Waals surface area contributed by atoms with Gasteiger partial charge in [0.2, 0.25) is 23.6 Å². The largest absolute Gasteiger partial charge is 0.465 e. The fourth-order valence-corrected chi connectivity index (χ4v) is 8.32. The van der Waals surface area contributed by atoms with Crippen LogP contribution >= 0.6 is 0 Å². The second-order valence-electron chi connectivity index (χ2n) is 17.1. The number of rotatable bonds is 15. The summed E-state index contributed by atoms with van der Waals surface area (Å²) in [7, 11) is 0. The van der Waals surface area contributed by atoms with E-state index in [1.54, 1.807) is 60.7 Å². The lowest BCUT2D eigenvalue weighted by Crippen LogP contribution is -2.45. The first-order valence-corrected chi connectivity index (χ1v) is 22.1. The number of nitrogens with two attached hydrogens (primary N) is 1. The van der Waals surface area contributed by atoms with E-state index in [4.69, 9.17) is 19.3 Å². The molecule has 2 aliphatic carbocycles. The summed E-state index contributed by atoms with van der Waals surface area (Å²) in [5, 5.41) is 15.3. The minimum Gasteiger partial charge on any atom is -0.465 e. The van der Waals surface area contributed by atoms with Crippen LogP contribution in [0.3, 0.4) is 0 Å². The van der Waals surface area contributed by atoms with Crippen LogP contribution in [-0.2, 0) is 24.4 Å². The third kappa shape index (κ3) is 13.5. The van der Waals surface area contributed by atoms with E-state index < -0.39 is 60.8 Å². The predicted molar refractivity (Wildman–Crippen MR) is 234 cm³/mol. The van der Waals surface area contributed by atoms with E-state index in [2.05, 4.69) is 30.6 Å². The summed E-state index contributed by atoms with van der Waals surface area (Å²) in [6.45, 7) is -0.408. The standard InChI is InChI=1S/C25H28F5N5O3.C22H21F2N3O4/c26-24(27)10-8-16(9-11-24)20(34-23(36)37-14-15-4-2-1-3-5-15)22-35-21-18(38-22)7-6-17(33-21)12-32-13-19(31)25(28,29)30;23-22(24)10-8-15(9-11-22)18(27(21(29)30)12-14-4-2-1-3-5-14)20-26-19-17(31-20)7-6-16(13-28)25-19/h1-7,16,19-20,32H,8-14,31H2,(H,34,36);1-7,13,15,18H,8-12H2,(H,29,30)/t19-,20-;18-/m00/s1. The van der Waals surface area contributed by atoms with Gasteiger partial charge in [0.25, 0.3) is 0 Å². The molecule has 2 aromatic carbocycles. The van der Waals surface area contributed by atoms with E-state index in [0.29, 0.717) is 17.6 Å². The Balaban J connectivity index is 0.000000208. The summed E-state index contributed by atoms with van der Waals surface area (Å²) < 4.78 is 110. The predicted octanol–water partition coefficient (Wildman–Crippen LogP) is 10.1. The smallest absolute Gasteiger partial charge is 0.408 e. The molecule has 4 heterocycles. The molecule has 2 amide bonds. The van der Waals surface area contributed by atoms with Gasteiger partial charge in [0.05, 0.1) is 5.69 Å². The zero-order valence-corrected chi connectivity index (χ0v) is 36.9. The average molecular weight is 971 g/mol. The molecule has 0 bridgehead atoms. The highest BCUT2D eigenvalue weighted by atomic mass is 19.4. The molecule has 5 N–H and O–H groups in total. The maximum absolute atomic E-state index is 13.8. The zero-order chi connectivity index (χ0) is 49.3. The molecule has 368 valence electrons. The number of oxazole rings is 2. The van der Waals surface area contributed by atoms with Crippen LogP contribution < -0.4 is 16.4 Å². The molecule has 15 nitrogen and oxygen atoms in total. The number of pyridine rings is 2. The van der Waals surface area contributed by atoms with Gasteiger partial charge in [-0.3, -0.25) is 9.69 Å². The first kappa shape index (κ1) is 50.2. The zero-order valence-electron chi connectivity index (χ0n) is 36.9. The SMILES string of the molecule is N[C@@H](CNCc1ccc2oc([C@@H](NC(=O)OCc3ccccc3)C3CCC(F)(F)CC3)nc2n1)C(F)(F)F.O=Cc1ccc2oc([C@H](C3CCC(F)(F)CC3)N(Cc3ccccc3)C(=O)O)nc2n1. The van der Waals surface area contributed by atoms with E-state index >= 15 is 0 Å². The minimum absolute atomic E-state index is 0.00706. The topological polar surface area (TPSA) is 212 Å². The van der Waals surface area contributed by atoms with Crippen LogP contribution in [0, 0.1) is 11.8 Å². The lowest BCUT2D eigenvalue weighted by molar-refractivity contribution is -0.146. The summed E-state index contributed by atoms with van der Waals surface area (Å²) in [5.41, 5.74) is 8.13. The lowest BCUT2D eigenvalue weighted by Gasteiger charge is -2.37. The fraction of sp³-hybridized carbons (Fsp3) is 0.426. The van der Waals surface area contributed by atoms with E-state index in [-0.39, 0.29) is 111 Å². The Hall–Kier alpha value is -6.68. The second-order valence-corrected chi connectivity index (χ2v) is 17.1. The molecule has 22 heteroatoms. The van der Waals surface area contributed by atoms with Crippen LogP contribution in [0.4, 0.5) is 40.3 Å². The molecule has 2 saturated carbocycles. The Labute approximate surface area is 390 Å². The van der Waals surface area contributed by atoms with Crippen LogP contribution in [0.1, 0.15) is 103 Å². The highest BCUT2D eigenvalue weighted by Crippen LogP contribution is 2.45. The molecular formula is C47H49F7N8O7. The number of benzene rings is 2. The number of halogens is 7. The molecule has 3 atom stereocenters. The molecular weight excluding hydrogens is 922 g/mol. The molecule has 0 saturated heterocycles. The van der Waals surface area contributed by atoms with Gasteiger partial charge >= 0.3 is 18.4 Å². The number of aromatic nitrogens is 4. The Morgan fingerprint density at radius 2 is 1.33 bits per heavy atom. The summed E-state index contributed by atoms with van der Waals surface area (Å²) in [6.07, 6.45) is -6.63. The summed E-state index contributed by atoms with van der Waals surface area (Å²) >= 11 is 0. The van der Waals surface area contributed by atoms with E-state index in [9.17, 15) is 50.2 Å². The van der Waals surface area contributed by atoms with Crippen molar-refractivity contribution in [3.05, 3.63) is 119 Å². The van der Waals surface area contributed by atoms with Gasteiger partial charge < -0.3 is 35.0 Å². The van der Waals surface area contributed by atoms with E-state index in [0.717, 1.165) is 11.1 Å². The van der Waals surface area contributed by atoms with Crippen molar-refractivity contribution in [2.45, 2.75) is 107 Å². The van der Waals surface area contributed by atoms with Crippen LogP contribution in [0.25, 0.3) is 22.5 Å². The van der Waals surface area contributed by atoms with Gasteiger partial charge in [0, 0.05) is 45.3 Å². The van der Waals surface area contributed by atoms with Gasteiger partial charge in [-0.2, -0.15) is 23.1 Å². The summed E-state index contributed by atoms with van der Waals surface area (Å²) in [6, 6.07) is 20.5. The molecule has 6 aromatic rings. The van der Waals surface area contributed by atoms with Crippen LogP contribution in [0.2, 0.25) is 0 Å². The van der Waals surface area contributed by atoms with Crippen molar-refractivity contribution in [2.75, 3.05) is 6.54 Å². The molecule has 0 spiro atoms. The van der Waals surface area contributed by atoms with Crippen molar-refractivity contribution in [1.82, 2.24) is 35.5 Å². The Morgan fingerprint density at radius 3 is 1.93 bits per heavy atom. The number of carbonyl (C=O) groups excluding carboxylic acids is 2. The number of carbonyl (C=O) groups is 3. The van der Waals surface area contributed by atoms with Crippen molar-refractivity contribution in [1.29, 1.82) is 0 Å². The highest BCUT2D eigenvalue weighted by molar-refractivity contribution is 5.78. The third-order valence-electron chi connectivity index (χ3n) is 12.1. The number of ether oxygens (including phenoxy) is 1. The van der Waals surface area contributed by atoms with Gasteiger partial charge in [-0.1, -0.05) is 60.7 Å². The number of nitrogens with one attached hydrogen (secondary N) is 2. The second kappa shape index (κ2) is 21.7. The normalized spacial score (nSPS) is 17.6. The highest BCUT2D eigenvalue weighted by Gasteiger charge is 2.44. The van der Waals surface area contributed by atoms with Crippen LogP contribution in [-0.4, -0.2) is 79.0 Å². The van der Waals surface area contributed by atoms with Crippen molar-refractivity contribution >= 4 is 40.9 Å². The monoisotopic (exact) mass is 970 g/mol. The molecule has 0 radical (unpaired) electrons. The third-order valence-corrected chi connectivity index (χ3v) is 12.1. The van der Waals surface area contributed by atoms with Crippen molar-refractivity contribution < 1.29 is 63.8 Å². The lowest BCUT2D eigenvalue weighted by atomic mass is 9.81. The Kier molecular flexibility index (Phi) is 15.8. The molecule has 4 aromatic heterocycles. The number of fused-ring (bicyclic) bond motifs is 2. The average Bonchev–Trinajstić information content (AvgIpc) is 3.95. The number of aldehydes is 1. The number of hydrogen-bond donors (Lipinski definition) is 4. The van der Waals surface area contributed by atoms with Crippen molar-refractivity contribution in [3.8, 4) is 0 Å². The summed E-state index contributed by atoms with van der Waals surface area (Å²) in [5.74, 6) is -6.11. The molecule has 0 aliphatic heterocycles. The van der Waals surface area contributed by atoms with Gasteiger partial charge in [0.15, 0.2) is 28.7 Å². The van der Waals surface area contributed by atoms with Gasteiger partial charge in [-0.25, -0.2) is 37.1 Å². The number of alkyl halides is 7. The molecule has 8 rings (SSSR count). The summed E-state index contributed by atoms with van der Waals surface area (Å²) in [4.78, 5) is 54.2. The van der Waals surface area contributed by atoms with E-state index in [1.807, 2.05) is 12.1 Å². The Morgan fingerprint density at radius 1 is 0.783 bits per heavy atom. The number of nitrogens with zero attached hydrogens (tertiary/aromatic N) is 5. The molecule has 2 aliphatic rings. The first-order chi connectivity index (χ1) is 32.9.